The first-order valence-corrected chi connectivity index (χ1v) is 14.1. The molecule has 218 valence electrons. The van der Waals surface area contributed by atoms with E-state index in [1.54, 1.807) is 7.11 Å². The van der Waals surface area contributed by atoms with Crippen LogP contribution in [0.2, 0.25) is 0 Å². The second kappa shape index (κ2) is 13.7. The lowest BCUT2D eigenvalue weighted by atomic mass is 9.97. The van der Waals surface area contributed by atoms with Crippen molar-refractivity contribution in [2.45, 2.75) is 54.0 Å². The van der Waals surface area contributed by atoms with E-state index in [2.05, 4.69) is 0 Å². The van der Waals surface area contributed by atoms with Gasteiger partial charge in [0.05, 0.1) is 26.9 Å². The summed E-state index contributed by atoms with van der Waals surface area (Å²) in [5.41, 5.74) is 2.69. The molecule has 3 aromatic rings. The second-order valence-corrected chi connectivity index (χ2v) is 11.8. The van der Waals surface area contributed by atoms with Crippen molar-refractivity contribution in [1.82, 2.24) is 0 Å². The number of alkyl halides is 3. The summed E-state index contributed by atoms with van der Waals surface area (Å²) in [4.78, 5) is 0. The SMILES string of the molecule is COc1ccc(CO[C@H]2[C@@H]3OC(c4ccccc4)OC[C@H]3OC(OC(=N)C(Cl)(Cl)Cl)[C@H]2OCc2ccccc2)cc1. The molecule has 2 heterocycles. The lowest BCUT2D eigenvalue weighted by Gasteiger charge is -2.48. The molecule has 2 unspecified atom stereocenters. The number of nitrogens with one attached hydrogen (secondary N) is 1. The fourth-order valence-electron chi connectivity index (χ4n) is 4.65. The fourth-order valence-corrected chi connectivity index (χ4v) is 4.78. The Labute approximate surface area is 253 Å². The number of fused-ring (bicyclic) bond motifs is 1. The highest BCUT2D eigenvalue weighted by molar-refractivity contribution is 6.76. The average molecular weight is 623 g/mol. The predicted octanol–water partition coefficient (Wildman–Crippen LogP) is 6.37. The molecule has 1 N–H and O–H groups in total. The minimum Gasteiger partial charge on any atom is -0.497 e. The van der Waals surface area contributed by atoms with Crippen LogP contribution < -0.4 is 4.74 Å². The Hall–Kier alpha value is -2.40. The number of halogens is 3. The molecule has 41 heavy (non-hydrogen) atoms. The molecule has 0 radical (unpaired) electrons. The molecule has 8 nitrogen and oxygen atoms in total. The van der Waals surface area contributed by atoms with Crippen LogP contribution in [0, 0.1) is 5.41 Å². The van der Waals surface area contributed by atoms with Crippen LogP contribution >= 0.6 is 34.8 Å². The van der Waals surface area contributed by atoms with Crippen LogP contribution in [0.25, 0.3) is 0 Å². The van der Waals surface area contributed by atoms with E-state index < -0.39 is 46.7 Å². The average Bonchev–Trinajstić information content (AvgIpc) is 2.99. The maximum Gasteiger partial charge on any atom is 0.265 e. The molecule has 2 aliphatic rings. The zero-order valence-electron chi connectivity index (χ0n) is 22.2. The van der Waals surface area contributed by atoms with Gasteiger partial charge in [-0.2, -0.15) is 0 Å². The van der Waals surface area contributed by atoms with Crippen molar-refractivity contribution in [3.05, 3.63) is 102 Å². The van der Waals surface area contributed by atoms with Crippen LogP contribution in [0.3, 0.4) is 0 Å². The molecule has 2 fully saturated rings. The van der Waals surface area contributed by atoms with Gasteiger partial charge in [-0.15, -0.1) is 0 Å². The summed E-state index contributed by atoms with van der Waals surface area (Å²) in [6.07, 6.45) is -4.57. The molecule has 3 aromatic carbocycles. The monoisotopic (exact) mass is 621 g/mol. The summed E-state index contributed by atoms with van der Waals surface area (Å²) in [5, 5.41) is 8.21. The maximum absolute atomic E-state index is 8.21. The van der Waals surface area contributed by atoms with Crippen molar-refractivity contribution in [2.24, 2.45) is 0 Å². The van der Waals surface area contributed by atoms with E-state index >= 15 is 0 Å². The topological polar surface area (TPSA) is 88.5 Å². The molecule has 6 atom stereocenters. The van der Waals surface area contributed by atoms with Crippen molar-refractivity contribution in [3.63, 3.8) is 0 Å². The Kier molecular flexibility index (Phi) is 10.1. The number of rotatable bonds is 9. The van der Waals surface area contributed by atoms with Crippen molar-refractivity contribution < 1.29 is 33.2 Å². The van der Waals surface area contributed by atoms with Gasteiger partial charge in [-0.25, -0.2) is 0 Å². The first kappa shape index (κ1) is 30.1. The molecule has 2 saturated heterocycles. The standard InChI is InChI=1S/C30H30Cl3NO7/c1-35-22-14-12-20(13-15-22)17-36-25-24-23(18-38-27(40-24)21-10-6-3-7-11-21)39-28(41-29(34)30(31,32)33)26(25)37-16-19-8-4-2-5-9-19/h2-15,23-28,34H,16-18H2,1H3/t23-,24-,25+,26+,27?,28?/m1/s1. The molecular formula is C30H30Cl3NO7. The molecule has 0 saturated carbocycles. The summed E-state index contributed by atoms with van der Waals surface area (Å²) in [5.74, 6) is 0.133. The van der Waals surface area contributed by atoms with Crippen molar-refractivity contribution in [1.29, 1.82) is 5.41 Å². The molecule has 0 spiro atoms. The van der Waals surface area contributed by atoms with E-state index in [0.29, 0.717) is 0 Å². The highest BCUT2D eigenvalue weighted by Gasteiger charge is 2.53. The van der Waals surface area contributed by atoms with E-state index in [-0.39, 0.29) is 19.8 Å². The number of ether oxygens (including phenoxy) is 7. The first-order chi connectivity index (χ1) is 19.8. The predicted molar refractivity (Wildman–Crippen MR) is 154 cm³/mol. The summed E-state index contributed by atoms with van der Waals surface area (Å²) in [6.45, 7) is 0.630. The minimum absolute atomic E-state index is 0.180. The number of methoxy groups -OCH3 is 1. The van der Waals surface area contributed by atoms with E-state index in [1.807, 2.05) is 84.9 Å². The normalized spacial score (nSPS) is 26.1. The highest BCUT2D eigenvalue weighted by atomic mass is 35.6. The molecule has 11 heteroatoms. The Morgan fingerprint density at radius 1 is 0.829 bits per heavy atom. The van der Waals surface area contributed by atoms with E-state index in [9.17, 15) is 0 Å². The van der Waals surface area contributed by atoms with Crippen LogP contribution in [-0.2, 0) is 41.6 Å². The molecule has 0 bridgehead atoms. The van der Waals surface area contributed by atoms with Gasteiger partial charge in [0.1, 0.15) is 30.2 Å². The third-order valence-corrected chi connectivity index (χ3v) is 7.25. The molecule has 2 aliphatic heterocycles. The van der Waals surface area contributed by atoms with Gasteiger partial charge in [0, 0.05) is 5.56 Å². The Morgan fingerprint density at radius 2 is 1.44 bits per heavy atom. The zero-order chi connectivity index (χ0) is 28.8. The van der Waals surface area contributed by atoms with E-state index in [4.69, 9.17) is 73.4 Å². The lowest BCUT2D eigenvalue weighted by Crippen LogP contribution is -2.64. The second-order valence-electron chi connectivity index (χ2n) is 9.55. The van der Waals surface area contributed by atoms with Crippen LogP contribution in [0.1, 0.15) is 23.0 Å². The zero-order valence-corrected chi connectivity index (χ0v) is 24.4. The van der Waals surface area contributed by atoms with Gasteiger partial charge in [-0.1, -0.05) is 108 Å². The third kappa shape index (κ3) is 7.71. The maximum atomic E-state index is 8.21. The molecule has 0 aliphatic carbocycles. The summed E-state index contributed by atoms with van der Waals surface area (Å²) >= 11 is 17.8. The van der Waals surface area contributed by atoms with Gasteiger partial charge >= 0.3 is 0 Å². The number of hydrogen-bond acceptors (Lipinski definition) is 8. The lowest BCUT2D eigenvalue weighted by molar-refractivity contribution is -0.363. The van der Waals surface area contributed by atoms with Gasteiger partial charge in [-0.3, -0.25) is 5.41 Å². The van der Waals surface area contributed by atoms with E-state index in [1.165, 1.54) is 0 Å². The van der Waals surface area contributed by atoms with Crippen LogP contribution in [-0.4, -0.2) is 54.1 Å². The first-order valence-electron chi connectivity index (χ1n) is 13.0. The highest BCUT2D eigenvalue weighted by Crippen LogP contribution is 2.38. The summed E-state index contributed by atoms with van der Waals surface area (Å²) in [6, 6.07) is 26.8. The Morgan fingerprint density at radius 3 is 2.07 bits per heavy atom. The minimum atomic E-state index is -2.10. The quantitative estimate of drug-likeness (QED) is 0.169. The van der Waals surface area contributed by atoms with Gasteiger partial charge in [-0.05, 0) is 23.3 Å². The summed E-state index contributed by atoms with van der Waals surface area (Å²) < 4.78 is 40.6. The molecule has 0 amide bonds. The van der Waals surface area contributed by atoms with E-state index in [0.717, 1.165) is 22.4 Å². The van der Waals surface area contributed by atoms with Crippen molar-refractivity contribution in [3.8, 4) is 5.75 Å². The van der Waals surface area contributed by atoms with Gasteiger partial charge in [0.2, 0.25) is 12.2 Å². The number of benzene rings is 3. The smallest absolute Gasteiger partial charge is 0.265 e. The van der Waals surface area contributed by atoms with Gasteiger partial charge in [0.15, 0.2) is 6.29 Å². The van der Waals surface area contributed by atoms with Crippen molar-refractivity contribution >= 4 is 40.7 Å². The molecular weight excluding hydrogens is 593 g/mol. The van der Waals surface area contributed by atoms with Crippen LogP contribution in [0.15, 0.2) is 84.9 Å². The Bertz CT molecular complexity index is 1260. The number of hydrogen-bond donors (Lipinski definition) is 1. The summed E-state index contributed by atoms with van der Waals surface area (Å²) in [7, 11) is 1.61. The van der Waals surface area contributed by atoms with Crippen LogP contribution in [0.5, 0.6) is 5.75 Å². The van der Waals surface area contributed by atoms with Gasteiger partial charge in [0.25, 0.3) is 3.79 Å². The largest absolute Gasteiger partial charge is 0.497 e. The molecule has 0 aromatic heterocycles. The Balaban J connectivity index is 1.44. The fraction of sp³-hybridized carbons (Fsp3) is 0.367. The molecule has 5 rings (SSSR count). The van der Waals surface area contributed by atoms with Crippen molar-refractivity contribution in [2.75, 3.05) is 13.7 Å². The van der Waals surface area contributed by atoms with Gasteiger partial charge < -0.3 is 33.2 Å². The third-order valence-electron chi connectivity index (χ3n) is 6.73. The van der Waals surface area contributed by atoms with Crippen LogP contribution in [0.4, 0.5) is 0 Å².